The topological polar surface area (TPSA) is 58.2 Å². The Bertz CT molecular complexity index is 732. The van der Waals surface area contributed by atoms with Crippen LogP contribution in [0.25, 0.3) is 0 Å². The first-order chi connectivity index (χ1) is 11.6. The normalized spacial score (nSPS) is 18.0. The number of aromatic nitrogens is 2. The summed E-state index contributed by atoms with van der Waals surface area (Å²) >= 11 is 12.1. The molecule has 0 aliphatic carbocycles. The molecule has 1 aromatic heterocycles. The second kappa shape index (κ2) is 7.55. The van der Waals surface area contributed by atoms with Crippen LogP contribution in [0.1, 0.15) is 41.1 Å². The fraction of sp³-hybridized carbons (Fsp3) is 0.412. The van der Waals surface area contributed by atoms with Gasteiger partial charge in [0.1, 0.15) is 6.10 Å². The van der Waals surface area contributed by atoms with Gasteiger partial charge >= 0.3 is 0 Å². The largest absolute Gasteiger partial charge is 0.370 e. The summed E-state index contributed by atoms with van der Waals surface area (Å²) < 4.78 is 5.82. The number of carbonyl (C=O) groups excluding carboxylic acids is 1. The van der Waals surface area contributed by atoms with Gasteiger partial charge in [-0.25, -0.2) is 0 Å². The van der Waals surface area contributed by atoms with Gasteiger partial charge in [-0.15, -0.1) is 0 Å². The molecule has 128 valence electrons. The highest BCUT2D eigenvalue weighted by Gasteiger charge is 2.28. The average Bonchev–Trinajstić information content (AvgIpc) is 3.05. The molecular weight excluding hydrogens is 349 g/mol. The molecule has 1 aliphatic rings. The van der Waals surface area contributed by atoms with Crippen LogP contribution in [-0.4, -0.2) is 40.7 Å². The first-order valence-corrected chi connectivity index (χ1v) is 8.73. The number of H-pyrrole nitrogens is 1. The third-order valence-corrected chi connectivity index (χ3v) is 4.86. The molecule has 0 bridgehead atoms. The number of morpholine rings is 1. The van der Waals surface area contributed by atoms with Crippen molar-refractivity contribution in [1.29, 1.82) is 0 Å². The lowest BCUT2D eigenvalue weighted by molar-refractivity contribution is -0.0228. The van der Waals surface area contributed by atoms with Crippen molar-refractivity contribution >= 4 is 29.1 Å². The van der Waals surface area contributed by atoms with Crippen molar-refractivity contribution < 1.29 is 9.53 Å². The van der Waals surface area contributed by atoms with Crippen molar-refractivity contribution in [2.24, 2.45) is 0 Å². The Balaban J connectivity index is 1.76. The summed E-state index contributed by atoms with van der Waals surface area (Å²) in [6, 6.07) is 5.43. The van der Waals surface area contributed by atoms with Gasteiger partial charge in [-0.1, -0.05) is 42.6 Å². The summed E-state index contributed by atoms with van der Waals surface area (Å²) in [6.07, 6.45) is 3.16. The summed E-state index contributed by atoms with van der Waals surface area (Å²) in [5.41, 5.74) is 2.45. The molecule has 1 fully saturated rings. The van der Waals surface area contributed by atoms with Gasteiger partial charge in [0.15, 0.2) is 0 Å². The fourth-order valence-electron chi connectivity index (χ4n) is 2.86. The summed E-state index contributed by atoms with van der Waals surface area (Å²) in [7, 11) is 0. The van der Waals surface area contributed by atoms with E-state index in [2.05, 4.69) is 17.1 Å². The highest BCUT2D eigenvalue weighted by Crippen LogP contribution is 2.29. The molecule has 1 atom stereocenters. The highest BCUT2D eigenvalue weighted by atomic mass is 35.5. The predicted molar refractivity (Wildman–Crippen MR) is 93.6 cm³/mol. The molecule has 3 rings (SSSR count). The van der Waals surface area contributed by atoms with E-state index in [-0.39, 0.29) is 12.0 Å². The number of aryl methyl sites for hydroxylation is 1. The van der Waals surface area contributed by atoms with Crippen molar-refractivity contribution in [2.45, 2.75) is 25.9 Å². The van der Waals surface area contributed by atoms with Crippen LogP contribution in [0.2, 0.25) is 10.0 Å². The minimum Gasteiger partial charge on any atom is -0.370 e. The average molecular weight is 368 g/mol. The smallest absolute Gasteiger partial charge is 0.257 e. The molecule has 0 radical (unpaired) electrons. The van der Waals surface area contributed by atoms with E-state index in [1.54, 1.807) is 23.2 Å². The molecule has 0 spiro atoms. The summed E-state index contributed by atoms with van der Waals surface area (Å²) in [5, 5.41) is 7.94. The first-order valence-electron chi connectivity index (χ1n) is 7.98. The summed E-state index contributed by atoms with van der Waals surface area (Å²) in [6.45, 7) is 3.60. The molecule has 0 saturated carbocycles. The third kappa shape index (κ3) is 3.58. The van der Waals surface area contributed by atoms with Crippen LogP contribution in [0.15, 0.2) is 24.4 Å². The van der Waals surface area contributed by atoms with E-state index in [1.165, 1.54) is 0 Å². The zero-order valence-electron chi connectivity index (χ0n) is 13.4. The number of rotatable bonds is 4. The Hall–Kier alpha value is -1.56. The van der Waals surface area contributed by atoms with Gasteiger partial charge in [-0.05, 0) is 24.1 Å². The maximum absolute atomic E-state index is 12.8. The molecule has 1 N–H and O–H groups in total. The maximum atomic E-state index is 12.8. The number of benzene rings is 1. The van der Waals surface area contributed by atoms with E-state index >= 15 is 0 Å². The number of nitrogens with one attached hydrogen (secondary N) is 1. The summed E-state index contributed by atoms with van der Waals surface area (Å²) in [5.74, 6) is -0.0134. The van der Waals surface area contributed by atoms with Gasteiger partial charge < -0.3 is 9.64 Å². The predicted octanol–water partition coefficient (Wildman–Crippen LogP) is 3.88. The van der Waals surface area contributed by atoms with Gasteiger partial charge in [-0.2, -0.15) is 5.10 Å². The van der Waals surface area contributed by atoms with Crippen LogP contribution in [-0.2, 0) is 11.2 Å². The van der Waals surface area contributed by atoms with Gasteiger partial charge in [0.25, 0.3) is 5.91 Å². The van der Waals surface area contributed by atoms with E-state index in [0.29, 0.717) is 35.3 Å². The molecule has 1 saturated heterocycles. The van der Waals surface area contributed by atoms with E-state index < -0.39 is 0 Å². The molecule has 1 aromatic carbocycles. The minimum atomic E-state index is -0.209. The lowest BCUT2D eigenvalue weighted by Gasteiger charge is -2.33. The second-order valence-electron chi connectivity index (χ2n) is 5.80. The zero-order chi connectivity index (χ0) is 17.1. The Morgan fingerprint density at radius 1 is 1.42 bits per heavy atom. The van der Waals surface area contributed by atoms with Crippen molar-refractivity contribution in [1.82, 2.24) is 15.1 Å². The second-order valence-corrected chi connectivity index (χ2v) is 6.61. The molecular formula is C17H19Cl2N3O2. The molecule has 2 aromatic rings. The highest BCUT2D eigenvalue weighted by molar-refractivity contribution is 6.42. The molecule has 5 nitrogen and oxygen atoms in total. The lowest BCUT2D eigenvalue weighted by atomic mass is 10.1. The van der Waals surface area contributed by atoms with Crippen molar-refractivity contribution in [3.63, 3.8) is 0 Å². The SMILES string of the molecule is CCCc1[nH]ncc1C(=O)N1CCOC(c2ccc(Cl)c(Cl)c2)C1. The van der Waals surface area contributed by atoms with E-state index in [4.69, 9.17) is 27.9 Å². The maximum Gasteiger partial charge on any atom is 0.257 e. The number of hydrogen-bond donors (Lipinski definition) is 1. The van der Waals surface area contributed by atoms with Crippen LogP contribution >= 0.6 is 23.2 Å². The van der Waals surface area contributed by atoms with Gasteiger partial charge in [0, 0.05) is 12.2 Å². The zero-order valence-corrected chi connectivity index (χ0v) is 14.9. The molecule has 2 heterocycles. The number of hydrogen-bond acceptors (Lipinski definition) is 3. The van der Waals surface area contributed by atoms with E-state index in [0.717, 1.165) is 24.1 Å². The number of carbonyl (C=O) groups is 1. The Labute approximate surface area is 150 Å². The van der Waals surface area contributed by atoms with Crippen molar-refractivity contribution in [3.05, 3.63) is 51.3 Å². The number of amides is 1. The van der Waals surface area contributed by atoms with Gasteiger partial charge in [0.05, 0.1) is 35.0 Å². The number of halogens is 2. The Kier molecular flexibility index (Phi) is 5.43. The molecule has 1 unspecified atom stereocenters. The van der Waals surface area contributed by atoms with Gasteiger partial charge in [0.2, 0.25) is 0 Å². The molecule has 7 heteroatoms. The van der Waals surface area contributed by atoms with Crippen molar-refractivity contribution in [3.8, 4) is 0 Å². The number of nitrogens with zero attached hydrogens (tertiary/aromatic N) is 2. The van der Waals surface area contributed by atoms with Crippen LogP contribution in [0.4, 0.5) is 0 Å². The van der Waals surface area contributed by atoms with Crippen LogP contribution in [0.5, 0.6) is 0 Å². The number of aromatic amines is 1. The van der Waals surface area contributed by atoms with Crippen LogP contribution in [0, 0.1) is 0 Å². The molecule has 1 aliphatic heterocycles. The van der Waals surface area contributed by atoms with Gasteiger partial charge in [-0.3, -0.25) is 9.89 Å². The molecule has 24 heavy (non-hydrogen) atoms. The monoisotopic (exact) mass is 367 g/mol. The Morgan fingerprint density at radius 2 is 2.25 bits per heavy atom. The minimum absolute atomic E-state index is 0.0134. The molecule has 1 amide bonds. The Morgan fingerprint density at radius 3 is 3.00 bits per heavy atom. The first kappa shape index (κ1) is 17.3. The van der Waals surface area contributed by atoms with Crippen LogP contribution < -0.4 is 0 Å². The fourth-order valence-corrected chi connectivity index (χ4v) is 3.16. The number of ether oxygens (including phenoxy) is 1. The quantitative estimate of drug-likeness (QED) is 0.891. The summed E-state index contributed by atoms with van der Waals surface area (Å²) in [4.78, 5) is 14.6. The standard InChI is InChI=1S/C17H19Cl2N3O2/c1-2-3-15-12(9-20-21-15)17(23)22-6-7-24-16(10-22)11-4-5-13(18)14(19)8-11/h4-5,8-9,16H,2-3,6-7,10H2,1H3,(H,20,21). The van der Waals surface area contributed by atoms with E-state index in [1.807, 2.05) is 6.07 Å². The van der Waals surface area contributed by atoms with E-state index in [9.17, 15) is 4.79 Å². The van der Waals surface area contributed by atoms with Crippen molar-refractivity contribution in [2.75, 3.05) is 19.7 Å². The van der Waals surface area contributed by atoms with Crippen LogP contribution in [0.3, 0.4) is 0 Å². The third-order valence-electron chi connectivity index (χ3n) is 4.12. The lowest BCUT2D eigenvalue weighted by Crippen LogP contribution is -2.42.